The highest BCUT2D eigenvalue weighted by molar-refractivity contribution is 5.76. The van der Waals surface area contributed by atoms with E-state index >= 15 is 0 Å². The van der Waals surface area contributed by atoms with Crippen molar-refractivity contribution in [3.05, 3.63) is 0 Å². The molecule has 4 nitrogen and oxygen atoms in total. The van der Waals surface area contributed by atoms with E-state index in [0.717, 1.165) is 37.9 Å². The van der Waals surface area contributed by atoms with Gasteiger partial charge in [-0.1, -0.05) is 13.8 Å². The third kappa shape index (κ3) is 5.11. The molecule has 4 heteroatoms. The van der Waals surface area contributed by atoms with Crippen molar-refractivity contribution >= 4 is 5.91 Å². The lowest BCUT2D eigenvalue weighted by Crippen LogP contribution is -2.47. The Hall–Kier alpha value is -0.610. The maximum Gasteiger partial charge on any atom is 0.223 e. The van der Waals surface area contributed by atoms with Crippen LogP contribution in [0.2, 0.25) is 0 Å². The van der Waals surface area contributed by atoms with Gasteiger partial charge in [-0.3, -0.25) is 9.69 Å². The molecule has 0 saturated carbocycles. The smallest absolute Gasteiger partial charge is 0.223 e. The molecule has 0 bridgehead atoms. The molecule has 1 rings (SSSR count). The lowest BCUT2D eigenvalue weighted by atomic mass is 9.86. The quantitative estimate of drug-likeness (QED) is 0.796. The van der Waals surface area contributed by atoms with Gasteiger partial charge in [0.1, 0.15) is 0 Å². The Morgan fingerprint density at radius 1 is 1.37 bits per heavy atom. The Morgan fingerprint density at radius 2 is 2.05 bits per heavy atom. The number of hydrogen-bond acceptors (Lipinski definition) is 3. The Bertz CT molecular complexity index is 283. The van der Waals surface area contributed by atoms with Crippen LogP contribution in [0.1, 0.15) is 40.0 Å². The maximum absolute atomic E-state index is 12.0. The number of nitrogens with zero attached hydrogens (tertiary/aromatic N) is 2. The molecule has 1 fully saturated rings. The Balaban J connectivity index is 2.36. The van der Waals surface area contributed by atoms with Crippen molar-refractivity contribution in [3.63, 3.8) is 0 Å². The summed E-state index contributed by atoms with van der Waals surface area (Å²) < 4.78 is 0. The lowest BCUT2D eigenvalue weighted by Gasteiger charge is -2.41. The van der Waals surface area contributed by atoms with Crippen molar-refractivity contribution in [2.24, 2.45) is 17.6 Å². The van der Waals surface area contributed by atoms with Gasteiger partial charge in [-0.15, -0.1) is 0 Å². The van der Waals surface area contributed by atoms with Crippen LogP contribution >= 0.6 is 0 Å². The van der Waals surface area contributed by atoms with Crippen LogP contribution in [0.5, 0.6) is 0 Å². The third-order valence-electron chi connectivity index (χ3n) is 4.46. The highest BCUT2D eigenvalue weighted by Crippen LogP contribution is 2.26. The van der Waals surface area contributed by atoms with Gasteiger partial charge >= 0.3 is 0 Å². The van der Waals surface area contributed by atoms with Crippen LogP contribution in [0.15, 0.2) is 0 Å². The maximum atomic E-state index is 12.0. The van der Waals surface area contributed by atoms with E-state index in [1.165, 1.54) is 6.42 Å². The molecule has 1 heterocycles. The molecular formula is C15H31N3O. The second kappa shape index (κ2) is 7.85. The molecule has 1 saturated heterocycles. The topological polar surface area (TPSA) is 49.6 Å². The van der Waals surface area contributed by atoms with E-state index in [9.17, 15) is 4.79 Å². The molecule has 0 aliphatic carbocycles. The van der Waals surface area contributed by atoms with E-state index in [1.807, 2.05) is 11.9 Å². The van der Waals surface area contributed by atoms with Gasteiger partial charge in [-0.2, -0.15) is 0 Å². The zero-order chi connectivity index (χ0) is 14.4. The molecule has 1 aliphatic rings. The van der Waals surface area contributed by atoms with Gasteiger partial charge in [0.05, 0.1) is 0 Å². The molecule has 0 spiro atoms. The fourth-order valence-corrected chi connectivity index (χ4v) is 3.01. The van der Waals surface area contributed by atoms with E-state index in [0.29, 0.717) is 19.0 Å². The Kier molecular flexibility index (Phi) is 6.80. The largest absolute Gasteiger partial charge is 0.346 e. The average molecular weight is 269 g/mol. The summed E-state index contributed by atoms with van der Waals surface area (Å²) in [6, 6.07) is 0.596. The van der Waals surface area contributed by atoms with Crippen LogP contribution in [0, 0.1) is 11.8 Å². The first-order valence-electron chi connectivity index (χ1n) is 7.63. The molecule has 0 aromatic rings. The number of likely N-dealkylation sites (tertiary alicyclic amines) is 1. The second-order valence-corrected chi connectivity index (χ2v) is 6.26. The number of carbonyl (C=O) groups is 1. The molecule has 3 unspecified atom stereocenters. The first kappa shape index (κ1) is 16.4. The van der Waals surface area contributed by atoms with Crippen LogP contribution in [0.25, 0.3) is 0 Å². The van der Waals surface area contributed by atoms with Gasteiger partial charge in [0, 0.05) is 39.1 Å². The molecule has 0 radical (unpaired) electrons. The van der Waals surface area contributed by atoms with Crippen molar-refractivity contribution in [3.8, 4) is 0 Å². The van der Waals surface area contributed by atoms with E-state index < -0.39 is 0 Å². The molecular weight excluding hydrogens is 238 g/mol. The highest BCUT2D eigenvalue weighted by Gasteiger charge is 2.28. The van der Waals surface area contributed by atoms with Crippen LogP contribution < -0.4 is 5.73 Å². The van der Waals surface area contributed by atoms with E-state index in [-0.39, 0.29) is 5.91 Å². The number of piperidine rings is 1. The molecule has 3 atom stereocenters. The summed E-state index contributed by atoms with van der Waals surface area (Å²) in [4.78, 5) is 16.3. The third-order valence-corrected chi connectivity index (χ3v) is 4.46. The van der Waals surface area contributed by atoms with Crippen LogP contribution in [0.4, 0.5) is 0 Å². The standard InChI is InChI=1S/C15H31N3O/c1-12-10-13(2)14(3)18(11-12)9-6-15(19)17(4)8-5-7-16/h12-14H,5-11,16H2,1-4H3. The first-order chi connectivity index (χ1) is 8.95. The highest BCUT2D eigenvalue weighted by atomic mass is 16.2. The van der Waals surface area contributed by atoms with Gasteiger partial charge in [-0.25, -0.2) is 0 Å². The lowest BCUT2D eigenvalue weighted by molar-refractivity contribution is -0.130. The summed E-state index contributed by atoms with van der Waals surface area (Å²) in [6.07, 6.45) is 2.82. The van der Waals surface area contributed by atoms with Crippen molar-refractivity contribution in [2.45, 2.75) is 46.1 Å². The fraction of sp³-hybridized carbons (Fsp3) is 0.933. The van der Waals surface area contributed by atoms with Crippen LogP contribution in [-0.2, 0) is 4.79 Å². The monoisotopic (exact) mass is 269 g/mol. The van der Waals surface area contributed by atoms with E-state index in [4.69, 9.17) is 5.73 Å². The predicted octanol–water partition coefficient (Wildman–Crippen LogP) is 1.55. The predicted molar refractivity (Wildman–Crippen MR) is 79.9 cm³/mol. The minimum absolute atomic E-state index is 0.242. The van der Waals surface area contributed by atoms with Gasteiger partial charge in [0.25, 0.3) is 0 Å². The molecule has 19 heavy (non-hydrogen) atoms. The summed E-state index contributed by atoms with van der Waals surface area (Å²) in [5, 5.41) is 0. The van der Waals surface area contributed by atoms with Gasteiger partial charge in [0.2, 0.25) is 5.91 Å². The summed E-state index contributed by atoms with van der Waals surface area (Å²) in [6.45, 7) is 10.4. The van der Waals surface area contributed by atoms with E-state index in [1.54, 1.807) is 0 Å². The first-order valence-corrected chi connectivity index (χ1v) is 7.63. The van der Waals surface area contributed by atoms with Gasteiger partial charge in [0.15, 0.2) is 0 Å². The number of hydrogen-bond donors (Lipinski definition) is 1. The van der Waals surface area contributed by atoms with Crippen LogP contribution in [0.3, 0.4) is 0 Å². The fourth-order valence-electron chi connectivity index (χ4n) is 3.01. The van der Waals surface area contributed by atoms with Crippen LogP contribution in [-0.4, -0.2) is 55.0 Å². The summed E-state index contributed by atoms with van der Waals surface area (Å²) in [5.41, 5.74) is 5.47. The molecule has 2 N–H and O–H groups in total. The molecule has 0 aromatic carbocycles. The number of amides is 1. The average Bonchev–Trinajstić information content (AvgIpc) is 2.37. The summed E-state index contributed by atoms with van der Waals surface area (Å²) in [5.74, 6) is 1.72. The SMILES string of the molecule is CC1CC(C)C(C)N(CCC(=O)N(C)CCCN)C1. The number of carbonyl (C=O) groups excluding carboxylic acids is 1. The van der Waals surface area contributed by atoms with Crippen molar-refractivity contribution in [1.82, 2.24) is 9.80 Å². The minimum Gasteiger partial charge on any atom is -0.346 e. The molecule has 1 aliphatic heterocycles. The molecule has 1 amide bonds. The molecule has 112 valence electrons. The summed E-state index contributed by atoms with van der Waals surface area (Å²) >= 11 is 0. The summed E-state index contributed by atoms with van der Waals surface area (Å²) in [7, 11) is 1.88. The zero-order valence-electron chi connectivity index (χ0n) is 13.1. The number of nitrogens with two attached hydrogens (primary N) is 1. The van der Waals surface area contributed by atoms with E-state index in [2.05, 4.69) is 25.7 Å². The Labute approximate surface area is 118 Å². The van der Waals surface area contributed by atoms with Crippen molar-refractivity contribution in [1.29, 1.82) is 0 Å². The minimum atomic E-state index is 0.242. The molecule has 0 aromatic heterocycles. The van der Waals surface area contributed by atoms with Crippen molar-refractivity contribution < 1.29 is 4.79 Å². The van der Waals surface area contributed by atoms with Gasteiger partial charge < -0.3 is 10.6 Å². The number of rotatable bonds is 6. The van der Waals surface area contributed by atoms with Crippen molar-refractivity contribution in [2.75, 3.05) is 33.2 Å². The second-order valence-electron chi connectivity index (χ2n) is 6.26. The van der Waals surface area contributed by atoms with Gasteiger partial charge in [-0.05, 0) is 38.1 Å². The normalized spacial score (nSPS) is 28.4. The zero-order valence-corrected chi connectivity index (χ0v) is 13.1. The Morgan fingerprint density at radius 3 is 2.68 bits per heavy atom.